The van der Waals surface area contributed by atoms with E-state index in [1.165, 1.54) is 20.3 Å². The number of rotatable bonds is 9. The molecule has 3 aromatic rings. The summed E-state index contributed by atoms with van der Waals surface area (Å²) in [5, 5.41) is 15.5. The lowest BCUT2D eigenvalue weighted by Crippen LogP contribution is -2.28. The Morgan fingerprint density at radius 1 is 1.13 bits per heavy atom. The van der Waals surface area contributed by atoms with E-state index in [4.69, 9.17) is 9.47 Å². The molecule has 160 valence electrons. The second kappa shape index (κ2) is 9.00. The average Bonchev–Trinajstić information content (AvgIpc) is 2.75. The van der Waals surface area contributed by atoms with Crippen LogP contribution in [0.1, 0.15) is 13.8 Å². The van der Waals surface area contributed by atoms with Gasteiger partial charge in [0.1, 0.15) is 5.52 Å². The Morgan fingerprint density at radius 3 is 2.40 bits per heavy atom. The van der Waals surface area contributed by atoms with Gasteiger partial charge in [-0.3, -0.25) is 14.9 Å². The maximum absolute atomic E-state index is 13.4. The lowest BCUT2D eigenvalue weighted by Gasteiger charge is -2.19. The van der Waals surface area contributed by atoms with Gasteiger partial charge in [0, 0.05) is 30.9 Å². The number of benzene rings is 2. The maximum Gasteiger partial charge on any atom is 0.293 e. The van der Waals surface area contributed by atoms with Crippen molar-refractivity contribution in [2.75, 3.05) is 45.7 Å². The molecule has 3 rings (SSSR count). The van der Waals surface area contributed by atoms with Gasteiger partial charge in [0.2, 0.25) is 0 Å². The van der Waals surface area contributed by atoms with Gasteiger partial charge in [0.05, 0.1) is 35.4 Å². The number of nitrogens with zero attached hydrogens (tertiary/aromatic N) is 2. The highest BCUT2D eigenvalue weighted by atomic mass is 16.6. The zero-order valence-corrected chi connectivity index (χ0v) is 17.6. The third-order valence-electron chi connectivity index (χ3n) is 5.27. The molecule has 2 aromatic carbocycles. The maximum atomic E-state index is 13.4. The molecule has 0 spiro atoms. The number of fused-ring (bicyclic) bond motifs is 2. The first-order chi connectivity index (χ1) is 14.4. The van der Waals surface area contributed by atoms with Gasteiger partial charge in [0.15, 0.2) is 16.9 Å². The number of H-pyrrole nitrogens is 1. The van der Waals surface area contributed by atoms with Crippen LogP contribution in [0.25, 0.3) is 21.8 Å². The molecule has 0 radical (unpaired) electrons. The predicted octanol–water partition coefficient (Wildman–Crippen LogP) is 3.36. The molecule has 2 N–H and O–H groups in total. The second-order valence-electron chi connectivity index (χ2n) is 6.80. The fourth-order valence-electron chi connectivity index (χ4n) is 3.58. The smallest absolute Gasteiger partial charge is 0.293 e. The summed E-state index contributed by atoms with van der Waals surface area (Å²) in [6, 6.07) is 6.19. The van der Waals surface area contributed by atoms with E-state index < -0.39 is 4.92 Å². The van der Waals surface area contributed by atoms with E-state index in [9.17, 15) is 14.9 Å². The standard InChI is InChI=1S/C21H26N4O5/c1-5-24(6-2)10-9-22-14-7-8-16(25(27)28)20-19(14)21(26)13-11-17(29-3)18(30-4)12-15(13)23-20/h7-8,11-12,22H,5-6,9-10H2,1-4H3,(H,23,26). The van der Waals surface area contributed by atoms with Crippen LogP contribution in [-0.2, 0) is 0 Å². The number of aromatic nitrogens is 1. The van der Waals surface area contributed by atoms with E-state index in [1.807, 2.05) is 0 Å². The van der Waals surface area contributed by atoms with Crippen molar-refractivity contribution < 1.29 is 14.4 Å². The highest BCUT2D eigenvalue weighted by Gasteiger charge is 2.20. The summed E-state index contributed by atoms with van der Waals surface area (Å²) >= 11 is 0. The van der Waals surface area contributed by atoms with E-state index in [0.717, 1.165) is 19.6 Å². The molecule has 0 amide bonds. The number of hydrogen-bond donors (Lipinski definition) is 2. The molecule has 0 fully saturated rings. The molecule has 9 nitrogen and oxygen atoms in total. The Hall–Kier alpha value is -3.33. The first-order valence-electron chi connectivity index (χ1n) is 9.80. The number of non-ortho nitro benzene ring substituents is 1. The number of pyridine rings is 1. The number of nitro groups is 1. The number of nitro benzene ring substituents is 1. The summed E-state index contributed by atoms with van der Waals surface area (Å²) < 4.78 is 10.6. The Morgan fingerprint density at radius 2 is 1.80 bits per heavy atom. The van der Waals surface area contributed by atoms with Gasteiger partial charge in [0.25, 0.3) is 5.69 Å². The minimum absolute atomic E-state index is 0.159. The van der Waals surface area contributed by atoms with Crippen molar-refractivity contribution in [3.8, 4) is 11.5 Å². The number of likely N-dealkylation sites (N-methyl/N-ethyl adjacent to an activating group) is 1. The molecule has 0 bridgehead atoms. The summed E-state index contributed by atoms with van der Waals surface area (Å²) in [6.45, 7) is 7.42. The van der Waals surface area contributed by atoms with Crippen LogP contribution in [0.15, 0.2) is 29.1 Å². The van der Waals surface area contributed by atoms with Crippen molar-refractivity contribution in [1.82, 2.24) is 9.88 Å². The van der Waals surface area contributed by atoms with Crippen LogP contribution in [0.4, 0.5) is 11.4 Å². The van der Waals surface area contributed by atoms with E-state index >= 15 is 0 Å². The Kier molecular flexibility index (Phi) is 6.41. The van der Waals surface area contributed by atoms with E-state index in [-0.39, 0.29) is 22.0 Å². The number of nitrogens with one attached hydrogen (secondary N) is 2. The van der Waals surface area contributed by atoms with Crippen LogP contribution in [0.2, 0.25) is 0 Å². The van der Waals surface area contributed by atoms with Crippen molar-refractivity contribution >= 4 is 33.2 Å². The third kappa shape index (κ3) is 3.88. The quantitative estimate of drug-likeness (QED) is 0.314. The van der Waals surface area contributed by atoms with Gasteiger partial charge in [-0.2, -0.15) is 0 Å². The topological polar surface area (TPSA) is 110 Å². The summed E-state index contributed by atoms with van der Waals surface area (Å²) in [5.74, 6) is 0.840. The SMILES string of the molecule is CCN(CC)CCNc1ccc([N+](=O)[O-])c2[nH]c3cc(OC)c(OC)cc3c(=O)c12. The average molecular weight is 414 g/mol. The van der Waals surface area contributed by atoms with E-state index in [2.05, 4.69) is 29.0 Å². The molecule has 0 aliphatic heterocycles. The van der Waals surface area contributed by atoms with Crippen LogP contribution in [0.3, 0.4) is 0 Å². The van der Waals surface area contributed by atoms with Crippen molar-refractivity contribution in [1.29, 1.82) is 0 Å². The van der Waals surface area contributed by atoms with Crippen molar-refractivity contribution in [2.45, 2.75) is 13.8 Å². The molecule has 1 aromatic heterocycles. The van der Waals surface area contributed by atoms with Crippen molar-refractivity contribution in [3.63, 3.8) is 0 Å². The Balaban J connectivity index is 2.21. The third-order valence-corrected chi connectivity index (χ3v) is 5.27. The summed E-state index contributed by atoms with van der Waals surface area (Å²) in [4.78, 5) is 29.8. The molecule has 0 aliphatic carbocycles. The first kappa shape index (κ1) is 21.4. The summed E-state index contributed by atoms with van der Waals surface area (Å²) in [5.41, 5.74) is 0.702. The number of ether oxygens (including phenoxy) is 2. The molecular weight excluding hydrogens is 388 g/mol. The molecule has 9 heteroatoms. The fourth-order valence-corrected chi connectivity index (χ4v) is 3.58. The van der Waals surface area contributed by atoms with Crippen LogP contribution >= 0.6 is 0 Å². The Bertz CT molecular complexity index is 1140. The monoisotopic (exact) mass is 414 g/mol. The van der Waals surface area contributed by atoms with Crippen LogP contribution in [0.5, 0.6) is 11.5 Å². The second-order valence-corrected chi connectivity index (χ2v) is 6.80. The lowest BCUT2D eigenvalue weighted by atomic mass is 10.1. The van der Waals surface area contributed by atoms with Gasteiger partial charge in [-0.05, 0) is 25.2 Å². The predicted molar refractivity (Wildman–Crippen MR) is 118 cm³/mol. The van der Waals surface area contributed by atoms with Gasteiger partial charge >= 0.3 is 0 Å². The van der Waals surface area contributed by atoms with Crippen LogP contribution < -0.4 is 20.2 Å². The first-order valence-corrected chi connectivity index (χ1v) is 9.80. The van der Waals surface area contributed by atoms with Crippen molar-refractivity contribution in [2.24, 2.45) is 0 Å². The normalized spacial score (nSPS) is 11.2. The lowest BCUT2D eigenvalue weighted by molar-refractivity contribution is -0.383. The minimum Gasteiger partial charge on any atom is -0.493 e. The highest BCUT2D eigenvalue weighted by Crippen LogP contribution is 2.34. The van der Waals surface area contributed by atoms with E-state index in [0.29, 0.717) is 34.6 Å². The van der Waals surface area contributed by atoms with Gasteiger partial charge in [-0.25, -0.2) is 0 Å². The molecule has 0 saturated carbocycles. The van der Waals surface area contributed by atoms with Crippen molar-refractivity contribution in [3.05, 3.63) is 44.6 Å². The molecule has 0 saturated heterocycles. The molecule has 0 unspecified atom stereocenters. The highest BCUT2D eigenvalue weighted by molar-refractivity contribution is 6.03. The summed E-state index contributed by atoms with van der Waals surface area (Å²) in [7, 11) is 2.98. The molecule has 30 heavy (non-hydrogen) atoms. The largest absolute Gasteiger partial charge is 0.493 e. The van der Waals surface area contributed by atoms with Gasteiger partial charge in [-0.1, -0.05) is 13.8 Å². The zero-order chi connectivity index (χ0) is 21.8. The zero-order valence-electron chi connectivity index (χ0n) is 17.6. The Labute approximate surface area is 173 Å². The summed E-state index contributed by atoms with van der Waals surface area (Å²) in [6.07, 6.45) is 0. The van der Waals surface area contributed by atoms with Crippen LogP contribution in [0, 0.1) is 10.1 Å². The number of aromatic amines is 1. The fraction of sp³-hybridized carbons (Fsp3) is 0.381. The van der Waals surface area contributed by atoms with Gasteiger partial charge in [-0.15, -0.1) is 0 Å². The molecular formula is C21H26N4O5. The number of hydrogen-bond acceptors (Lipinski definition) is 7. The van der Waals surface area contributed by atoms with E-state index in [1.54, 1.807) is 18.2 Å². The molecule has 0 atom stereocenters. The molecule has 0 aliphatic rings. The number of anilines is 1. The number of methoxy groups -OCH3 is 2. The van der Waals surface area contributed by atoms with Crippen LogP contribution in [-0.4, -0.2) is 55.2 Å². The minimum atomic E-state index is -0.495. The molecule has 1 heterocycles. The van der Waals surface area contributed by atoms with Gasteiger partial charge < -0.3 is 24.7 Å².